The molecule has 1 aliphatic heterocycles. The Balaban J connectivity index is 1.92. The molecule has 2 heterocycles. The van der Waals surface area contributed by atoms with Crippen LogP contribution in [0.5, 0.6) is 5.75 Å². The molecule has 0 unspecified atom stereocenters. The fourth-order valence-corrected chi connectivity index (χ4v) is 3.57. The van der Waals surface area contributed by atoms with Crippen molar-refractivity contribution in [2.75, 3.05) is 12.4 Å². The van der Waals surface area contributed by atoms with Crippen LogP contribution in [0.15, 0.2) is 36.5 Å². The van der Waals surface area contributed by atoms with Crippen LogP contribution < -0.4 is 10.1 Å². The minimum absolute atomic E-state index is 0.205. The number of methoxy groups -OCH3 is 1. The molecule has 2 atom stereocenters. The van der Waals surface area contributed by atoms with Crippen LogP contribution in [0.25, 0.3) is 0 Å². The number of amides is 1. The highest BCUT2D eigenvalue weighted by atomic mass is 19.1. The first-order valence-corrected chi connectivity index (χ1v) is 9.00. The maximum Gasteiger partial charge on any atom is 0.254 e. The first-order chi connectivity index (χ1) is 13.2. The minimum Gasteiger partial charge on any atom is -0.496 e. The quantitative estimate of drug-likeness (QED) is 0.793. The molecular formula is C21H23FN2O4. The van der Waals surface area contributed by atoms with Crippen LogP contribution in [0, 0.1) is 5.82 Å². The van der Waals surface area contributed by atoms with Gasteiger partial charge in [-0.1, -0.05) is 6.07 Å². The van der Waals surface area contributed by atoms with Crippen LogP contribution in [0.1, 0.15) is 49.2 Å². The molecule has 3 rings (SSSR count). The number of carbonyl (C=O) groups is 2. The Morgan fingerprint density at radius 1 is 1.32 bits per heavy atom. The van der Waals surface area contributed by atoms with Crippen LogP contribution >= 0.6 is 0 Å². The van der Waals surface area contributed by atoms with E-state index in [4.69, 9.17) is 9.47 Å². The number of hydrogen-bond acceptors (Lipinski definition) is 5. The summed E-state index contributed by atoms with van der Waals surface area (Å²) in [6.45, 7) is 5.12. The van der Waals surface area contributed by atoms with Crippen molar-refractivity contribution in [3.8, 4) is 5.75 Å². The monoisotopic (exact) mass is 386 g/mol. The lowest BCUT2D eigenvalue weighted by atomic mass is 9.86. The first kappa shape index (κ1) is 19.9. The number of ether oxygens (including phenoxy) is 2. The lowest BCUT2D eigenvalue weighted by molar-refractivity contribution is -0.130. The van der Waals surface area contributed by atoms with Crippen molar-refractivity contribution < 1.29 is 23.5 Å². The van der Waals surface area contributed by atoms with E-state index in [1.807, 2.05) is 13.8 Å². The van der Waals surface area contributed by atoms with Gasteiger partial charge in [-0.3, -0.25) is 14.6 Å². The van der Waals surface area contributed by atoms with Crippen molar-refractivity contribution in [1.29, 1.82) is 0 Å². The average molecular weight is 386 g/mol. The summed E-state index contributed by atoms with van der Waals surface area (Å²) in [5, 5.41) is 2.75. The summed E-state index contributed by atoms with van der Waals surface area (Å²) < 4.78 is 25.9. The molecule has 1 aromatic carbocycles. The van der Waals surface area contributed by atoms with Gasteiger partial charge >= 0.3 is 0 Å². The molecule has 1 aromatic heterocycles. The second-order valence-electron chi connectivity index (χ2n) is 7.44. The molecule has 28 heavy (non-hydrogen) atoms. The Morgan fingerprint density at radius 2 is 2.07 bits per heavy atom. The summed E-state index contributed by atoms with van der Waals surface area (Å²) in [6, 6.07) is 7.66. The molecule has 0 radical (unpaired) electrons. The van der Waals surface area contributed by atoms with Crippen molar-refractivity contribution in [2.45, 2.75) is 44.8 Å². The molecule has 1 amide bonds. The normalized spacial score (nSPS) is 20.6. The number of Topliss-reactive ketones (excluding diaryl/α,β-unsaturated/α-hetero) is 1. The van der Waals surface area contributed by atoms with E-state index in [0.717, 1.165) is 0 Å². The van der Waals surface area contributed by atoms with Gasteiger partial charge in [-0.2, -0.15) is 0 Å². The van der Waals surface area contributed by atoms with Crippen molar-refractivity contribution >= 4 is 17.4 Å². The zero-order chi connectivity index (χ0) is 20.5. The number of aromatic nitrogens is 1. The molecular weight excluding hydrogens is 363 g/mol. The number of hydrogen-bond donors (Lipinski definition) is 1. The molecule has 1 saturated heterocycles. The zero-order valence-electron chi connectivity index (χ0n) is 16.3. The Bertz CT molecular complexity index is 913. The van der Waals surface area contributed by atoms with Gasteiger partial charge in [0.05, 0.1) is 12.7 Å². The molecule has 0 bridgehead atoms. The number of ketones is 1. The van der Waals surface area contributed by atoms with Gasteiger partial charge in [-0.15, -0.1) is 0 Å². The number of benzene rings is 1. The number of nitrogens with zero attached hydrogens (tertiary/aromatic N) is 1. The molecule has 0 aliphatic carbocycles. The van der Waals surface area contributed by atoms with E-state index in [2.05, 4.69) is 10.3 Å². The van der Waals surface area contributed by atoms with Crippen LogP contribution in [-0.4, -0.2) is 35.5 Å². The van der Waals surface area contributed by atoms with E-state index in [0.29, 0.717) is 23.4 Å². The van der Waals surface area contributed by atoms with Gasteiger partial charge in [-0.25, -0.2) is 4.39 Å². The predicted molar refractivity (Wildman–Crippen MR) is 102 cm³/mol. The van der Waals surface area contributed by atoms with E-state index in [1.54, 1.807) is 18.2 Å². The van der Waals surface area contributed by atoms with Gasteiger partial charge in [0.25, 0.3) is 5.91 Å². The van der Waals surface area contributed by atoms with E-state index >= 15 is 0 Å². The second kappa shape index (κ2) is 7.67. The summed E-state index contributed by atoms with van der Waals surface area (Å²) in [5.74, 6) is -1.19. The van der Waals surface area contributed by atoms with Gasteiger partial charge in [0, 0.05) is 30.3 Å². The van der Waals surface area contributed by atoms with E-state index in [1.165, 1.54) is 32.4 Å². The van der Waals surface area contributed by atoms with E-state index in [9.17, 15) is 14.0 Å². The summed E-state index contributed by atoms with van der Waals surface area (Å²) in [7, 11) is 1.47. The number of nitrogens with one attached hydrogen (secondary N) is 1. The van der Waals surface area contributed by atoms with Crippen molar-refractivity contribution in [1.82, 2.24) is 4.98 Å². The summed E-state index contributed by atoms with van der Waals surface area (Å²) in [6.07, 6.45) is 0.996. The fraction of sp³-hybridized carbons (Fsp3) is 0.381. The Kier molecular flexibility index (Phi) is 5.47. The third kappa shape index (κ3) is 4.04. The van der Waals surface area contributed by atoms with Gasteiger partial charge in [0.2, 0.25) is 0 Å². The van der Waals surface area contributed by atoms with Gasteiger partial charge < -0.3 is 14.8 Å². The molecule has 1 fully saturated rings. The topological polar surface area (TPSA) is 77.5 Å². The molecule has 0 spiro atoms. The smallest absolute Gasteiger partial charge is 0.254 e. The van der Waals surface area contributed by atoms with Crippen LogP contribution in [0.2, 0.25) is 0 Å². The van der Waals surface area contributed by atoms with Crippen LogP contribution in [-0.2, 0) is 9.53 Å². The summed E-state index contributed by atoms with van der Waals surface area (Å²) in [5.41, 5.74) is 0.397. The van der Waals surface area contributed by atoms with Crippen LogP contribution in [0.3, 0.4) is 0 Å². The lowest BCUT2D eigenvalue weighted by Gasteiger charge is -2.21. The number of anilines is 1. The maximum absolute atomic E-state index is 14.6. The van der Waals surface area contributed by atoms with Crippen molar-refractivity contribution in [3.05, 3.63) is 53.6 Å². The highest BCUT2D eigenvalue weighted by Gasteiger charge is 2.46. The number of carbonyl (C=O) groups excluding carboxylic acids is 2. The van der Waals surface area contributed by atoms with Crippen LogP contribution in [0.4, 0.5) is 10.1 Å². The van der Waals surface area contributed by atoms with Gasteiger partial charge in [-0.05, 0) is 44.5 Å². The predicted octanol–water partition coefficient (Wildman–Crippen LogP) is 3.72. The third-order valence-corrected chi connectivity index (χ3v) is 4.77. The number of pyridine rings is 1. The first-order valence-electron chi connectivity index (χ1n) is 9.00. The van der Waals surface area contributed by atoms with Crippen molar-refractivity contribution in [3.63, 3.8) is 0 Å². The van der Waals surface area contributed by atoms with Gasteiger partial charge in [0.1, 0.15) is 23.4 Å². The van der Waals surface area contributed by atoms with Gasteiger partial charge in [0.15, 0.2) is 5.78 Å². The average Bonchev–Trinajstić information content (AvgIpc) is 2.96. The third-order valence-electron chi connectivity index (χ3n) is 4.77. The van der Waals surface area contributed by atoms with E-state index in [-0.39, 0.29) is 11.5 Å². The zero-order valence-corrected chi connectivity index (χ0v) is 16.3. The molecule has 1 aliphatic rings. The SMILES string of the molecule is COc1cccc(F)c1[C@@H]1CC(C)(C)O[C@H]1C(=O)Nc1ccnc(C(C)=O)c1. The largest absolute Gasteiger partial charge is 0.496 e. The molecule has 1 N–H and O–H groups in total. The molecule has 0 saturated carbocycles. The lowest BCUT2D eigenvalue weighted by Crippen LogP contribution is -2.33. The Morgan fingerprint density at radius 3 is 2.75 bits per heavy atom. The van der Waals surface area contributed by atoms with E-state index < -0.39 is 29.3 Å². The second-order valence-corrected chi connectivity index (χ2v) is 7.44. The molecule has 2 aromatic rings. The summed E-state index contributed by atoms with van der Waals surface area (Å²) in [4.78, 5) is 28.5. The number of halogens is 1. The Labute approximate surface area is 163 Å². The fourth-order valence-electron chi connectivity index (χ4n) is 3.57. The standard InChI is InChI=1S/C21H23FN2O4/c1-12(25)16-10-13(8-9-23-16)24-20(26)19-14(11-21(2,3)28-19)18-15(22)6-5-7-17(18)27-4/h5-10,14,19H,11H2,1-4H3,(H,23,24,26)/t14-,19+/m0/s1. The highest BCUT2D eigenvalue weighted by Crippen LogP contribution is 2.45. The number of rotatable bonds is 5. The minimum atomic E-state index is -0.908. The summed E-state index contributed by atoms with van der Waals surface area (Å²) >= 11 is 0. The maximum atomic E-state index is 14.6. The Hall–Kier alpha value is -2.80. The highest BCUT2D eigenvalue weighted by molar-refractivity contribution is 5.97. The molecule has 6 nitrogen and oxygen atoms in total. The van der Waals surface area contributed by atoms with Crippen molar-refractivity contribution in [2.24, 2.45) is 0 Å². The molecule has 148 valence electrons. The molecule has 7 heteroatoms.